The number of nitrogens with two attached hydrogens (primary N) is 1. The third-order valence-electron chi connectivity index (χ3n) is 3.80. The van der Waals surface area contributed by atoms with E-state index in [1.807, 2.05) is 7.05 Å². The summed E-state index contributed by atoms with van der Waals surface area (Å²) in [6.45, 7) is 0. The Morgan fingerprint density at radius 1 is 1.42 bits per heavy atom. The molecule has 5 nitrogen and oxygen atoms in total. The summed E-state index contributed by atoms with van der Waals surface area (Å²) in [4.78, 5) is 18.3. The first-order valence-corrected chi connectivity index (χ1v) is 6.65. The van der Waals surface area contributed by atoms with Gasteiger partial charge in [-0.3, -0.25) is 4.79 Å². The normalized spacial score (nSPS) is 22.9. The summed E-state index contributed by atoms with van der Waals surface area (Å²) in [5.41, 5.74) is 6.41. The maximum atomic E-state index is 12.5. The second-order valence-electron chi connectivity index (χ2n) is 5.04. The van der Waals surface area contributed by atoms with E-state index in [1.54, 1.807) is 23.2 Å². The molecule has 19 heavy (non-hydrogen) atoms. The van der Waals surface area contributed by atoms with Gasteiger partial charge in [-0.2, -0.15) is 0 Å². The Bertz CT molecular complexity index is 442. The molecule has 104 valence electrons. The maximum Gasteiger partial charge on any atom is 0.259 e. The van der Waals surface area contributed by atoms with Crippen molar-refractivity contribution in [1.29, 1.82) is 0 Å². The van der Waals surface area contributed by atoms with Crippen molar-refractivity contribution in [2.45, 2.75) is 37.8 Å². The van der Waals surface area contributed by atoms with Gasteiger partial charge in [0.05, 0.1) is 7.11 Å². The van der Waals surface area contributed by atoms with E-state index in [2.05, 4.69) is 4.98 Å². The smallest absolute Gasteiger partial charge is 0.259 e. The average Bonchev–Trinajstić information content (AvgIpc) is 2.46. The number of rotatable bonds is 3. The molecule has 1 aromatic rings. The number of hydrogen-bond acceptors (Lipinski definition) is 4. The predicted octanol–water partition coefficient (Wildman–Crippen LogP) is 1.43. The van der Waals surface area contributed by atoms with Crippen molar-refractivity contribution in [3.05, 3.63) is 23.9 Å². The van der Waals surface area contributed by atoms with Crippen LogP contribution < -0.4 is 10.5 Å². The van der Waals surface area contributed by atoms with Crippen LogP contribution in [0.1, 0.15) is 36.0 Å². The monoisotopic (exact) mass is 263 g/mol. The molecule has 2 rings (SSSR count). The number of hydrogen-bond donors (Lipinski definition) is 1. The highest BCUT2D eigenvalue weighted by Crippen LogP contribution is 2.24. The zero-order valence-corrected chi connectivity index (χ0v) is 11.5. The predicted molar refractivity (Wildman–Crippen MR) is 73.1 cm³/mol. The Hall–Kier alpha value is -1.62. The van der Waals surface area contributed by atoms with Crippen molar-refractivity contribution in [3.8, 4) is 5.88 Å². The average molecular weight is 263 g/mol. The van der Waals surface area contributed by atoms with Crippen LogP contribution in [0.3, 0.4) is 0 Å². The second kappa shape index (κ2) is 6.02. The molecule has 1 amide bonds. The van der Waals surface area contributed by atoms with E-state index in [0.717, 1.165) is 25.7 Å². The number of carbonyl (C=O) groups excluding carboxylic acids is 1. The summed E-state index contributed by atoms with van der Waals surface area (Å²) >= 11 is 0. The fourth-order valence-corrected chi connectivity index (χ4v) is 2.56. The lowest BCUT2D eigenvalue weighted by Gasteiger charge is -2.33. The highest BCUT2D eigenvalue weighted by atomic mass is 16.5. The van der Waals surface area contributed by atoms with E-state index >= 15 is 0 Å². The van der Waals surface area contributed by atoms with E-state index in [1.165, 1.54) is 7.11 Å². The molecule has 2 N–H and O–H groups in total. The van der Waals surface area contributed by atoms with Crippen molar-refractivity contribution < 1.29 is 9.53 Å². The largest absolute Gasteiger partial charge is 0.480 e. The zero-order chi connectivity index (χ0) is 13.8. The molecule has 0 atom stereocenters. The van der Waals surface area contributed by atoms with Gasteiger partial charge in [-0.15, -0.1) is 0 Å². The van der Waals surface area contributed by atoms with E-state index < -0.39 is 0 Å². The Morgan fingerprint density at radius 2 is 2.11 bits per heavy atom. The molecule has 0 aromatic carbocycles. The van der Waals surface area contributed by atoms with Crippen LogP contribution in [-0.4, -0.2) is 42.0 Å². The quantitative estimate of drug-likeness (QED) is 0.895. The molecular weight excluding hydrogens is 242 g/mol. The maximum absolute atomic E-state index is 12.5. The molecule has 1 aromatic heterocycles. The Balaban J connectivity index is 2.10. The lowest BCUT2D eigenvalue weighted by Crippen LogP contribution is -2.42. The molecule has 0 saturated heterocycles. The van der Waals surface area contributed by atoms with E-state index in [9.17, 15) is 4.79 Å². The van der Waals surface area contributed by atoms with Crippen molar-refractivity contribution in [3.63, 3.8) is 0 Å². The van der Waals surface area contributed by atoms with Crippen LogP contribution in [0.15, 0.2) is 18.3 Å². The summed E-state index contributed by atoms with van der Waals surface area (Å²) in [5.74, 6) is 0.345. The van der Waals surface area contributed by atoms with Gasteiger partial charge in [0, 0.05) is 25.3 Å². The fourth-order valence-electron chi connectivity index (χ4n) is 2.56. The first-order valence-electron chi connectivity index (χ1n) is 6.65. The van der Waals surface area contributed by atoms with Crippen LogP contribution in [0.25, 0.3) is 0 Å². The lowest BCUT2D eigenvalue weighted by molar-refractivity contribution is 0.0685. The van der Waals surface area contributed by atoms with Crippen LogP contribution in [0.5, 0.6) is 5.88 Å². The third-order valence-corrected chi connectivity index (χ3v) is 3.80. The fraction of sp³-hybridized carbons (Fsp3) is 0.571. The minimum atomic E-state index is -0.0366. The van der Waals surface area contributed by atoms with Crippen molar-refractivity contribution in [1.82, 2.24) is 9.88 Å². The first kappa shape index (κ1) is 13.8. The van der Waals surface area contributed by atoms with Gasteiger partial charge in [-0.05, 0) is 37.8 Å². The molecule has 1 aliphatic rings. The van der Waals surface area contributed by atoms with E-state index in [-0.39, 0.29) is 18.0 Å². The number of ether oxygens (including phenoxy) is 1. The molecule has 1 saturated carbocycles. The molecular formula is C14H21N3O2. The summed E-state index contributed by atoms with van der Waals surface area (Å²) in [6, 6.07) is 4.05. The molecule has 0 aliphatic heterocycles. The van der Waals surface area contributed by atoms with Crippen LogP contribution in [-0.2, 0) is 0 Å². The van der Waals surface area contributed by atoms with Crippen molar-refractivity contribution in [2.75, 3.05) is 14.2 Å². The molecule has 5 heteroatoms. The molecule has 1 heterocycles. The van der Waals surface area contributed by atoms with Crippen molar-refractivity contribution >= 4 is 5.91 Å². The zero-order valence-electron chi connectivity index (χ0n) is 11.5. The Labute approximate surface area is 113 Å². The molecule has 0 unspecified atom stereocenters. The van der Waals surface area contributed by atoms with Gasteiger partial charge >= 0.3 is 0 Å². The van der Waals surface area contributed by atoms with Gasteiger partial charge in [0.1, 0.15) is 5.56 Å². The Morgan fingerprint density at radius 3 is 2.74 bits per heavy atom. The van der Waals surface area contributed by atoms with Gasteiger partial charge in [-0.1, -0.05) is 0 Å². The number of nitrogens with zero attached hydrogens (tertiary/aromatic N) is 2. The minimum Gasteiger partial charge on any atom is -0.480 e. The van der Waals surface area contributed by atoms with Gasteiger partial charge in [0.2, 0.25) is 5.88 Å². The van der Waals surface area contributed by atoms with Gasteiger partial charge < -0.3 is 15.4 Å². The molecule has 1 fully saturated rings. The van der Waals surface area contributed by atoms with E-state index in [0.29, 0.717) is 11.4 Å². The number of pyridine rings is 1. The third kappa shape index (κ3) is 3.04. The van der Waals surface area contributed by atoms with E-state index in [4.69, 9.17) is 10.5 Å². The number of aromatic nitrogens is 1. The standard InChI is InChI=1S/C14H21N3O2/c1-17(11-7-5-10(15)6-8-11)14(18)12-4-3-9-16-13(12)19-2/h3-4,9-11H,5-8,15H2,1-2H3. The summed E-state index contributed by atoms with van der Waals surface area (Å²) in [7, 11) is 3.37. The number of methoxy groups -OCH3 is 1. The van der Waals surface area contributed by atoms with Crippen LogP contribution in [0.2, 0.25) is 0 Å². The lowest BCUT2D eigenvalue weighted by atomic mass is 9.91. The highest BCUT2D eigenvalue weighted by molar-refractivity contribution is 5.96. The van der Waals surface area contributed by atoms with Crippen molar-refractivity contribution in [2.24, 2.45) is 5.73 Å². The molecule has 0 radical (unpaired) electrons. The highest BCUT2D eigenvalue weighted by Gasteiger charge is 2.27. The topological polar surface area (TPSA) is 68.5 Å². The SMILES string of the molecule is COc1ncccc1C(=O)N(C)C1CCC(N)CC1. The summed E-state index contributed by atoms with van der Waals surface area (Å²) in [5, 5.41) is 0. The minimum absolute atomic E-state index is 0.0366. The first-order chi connectivity index (χ1) is 9.13. The second-order valence-corrected chi connectivity index (χ2v) is 5.04. The summed E-state index contributed by atoms with van der Waals surface area (Å²) in [6.07, 6.45) is 5.51. The number of carbonyl (C=O) groups is 1. The van der Waals surface area contributed by atoms with Gasteiger partial charge in [-0.25, -0.2) is 4.98 Å². The van der Waals surface area contributed by atoms with Gasteiger partial charge in [0.15, 0.2) is 0 Å². The molecule has 1 aliphatic carbocycles. The van der Waals surface area contributed by atoms with Crippen LogP contribution in [0.4, 0.5) is 0 Å². The van der Waals surface area contributed by atoms with Crippen LogP contribution >= 0.6 is 0 Å². The molecule has 0 spiro atoms. The van der Waals surface area contributed by atoms with Gasteiger partial charge in [0.25, 0.3) is 5.91 Å². The Kier molecular flexibility index (Phi) is 4.37. The number of amides is 1. The summed E-state index contributed by atoms with van der Waals surface area (Å²) < 4.78 is 5.14. The van der Waals surface area contributed by atoms with Crippen LogP contribution in [0, 0.1) is 0 Å². The molecule has 0 bridgehead atoms.